The minimum Gasteiger partial charge on any atom is -0.368 e. The van der Waals surface area contributed by atoms with E-state index in [-0.39, 0.29) is 23.5 Å². The number of rotatable bonds is 4. The molecule has 0 radical (unpaired) electrons. The molecule has 0 aromatic carbocycles. The van der Waals surface area contributed by atoms with Gasteiger partial charge in [0.1, 0.15) is 6.10 Å². The third kappa shape index (κ3) is 5.13. The predicted molar refractivity (Wildman–Crippen MR) is 79.0 cm³/mol. The van der Waals surface area contributed by atoms with E-state index < -0.39 is 0 Å². The molecule has 1 heterocycles. The number of ether oxygens (including phenoxy) is 1. The lowest BCUT2D eigenvalue weighted by Crippen LogP contribution is -2.38. The molecule has 0 bridgehead atoms. The highest BCUT2D eigenvalue weighted by atomic mass is 16.5. The van der Waals surface area contributed by atoms with E-state index in [9.17, 15) is 4.79 Å². The van der Waals surface area contributed by atoms with Crippen molar-refractivity contribution in [3.8, 4) is 0 Å². The van der Waals surface area contributed by atoms with Crippen LogP contribution in [0.5, 0.6) is 0 Å². The second-order valence-corrected chi connectivity index (χ2v) is 8.14. The molecule has 1 aliphatic rings. The van der Waals surface area contributed by atoms with E-state index in [4.69, 9.17) is 4.74 Å². The lowest BCUT2D eigenvalue weighted by Gasteiger charge is -2.36. The maximum Gasteiger partial charge on any atom is 0.249 e. The van der Waals surface area contributed by atoms with Crippen LogP contribution in [-0.2, 0) is 9.53 Å². The van der Waals surface area contributed by atoms with Gasteiger partial charge in [-0.2, -0.15) is 0 Å². The molecule has 1 N–H and O–H groups in total. The van der Waals surface area contributed by atoms with Gasteiger partial charge in [-0.15, -0.1) is 0 Å². The van der Waals surface area contributed by atoms with Gasteiger partial charge in [-0.05, 0) is 43.4 Å². The summed E-state index contributed by atoms with van der Waals surface area (Å²) in [7, 11) is 0. The van der Waals surface area contributed by atoms with Crippen molar-refractivity contribution in [3.05, 3.63) is 0 Å². The number of nitrogens with one attached hydrogen (secondary N) is 1. The summed E-state index contributed by atoms with van der Waals surface area (Å²) in [5, 5.41) is 2.94. The Hall–Kier alpha value is -0.570. The molecule has 1 fully saturated rings. The number of carbonyl (C=O) groups excluding carboxylic acids is 1. The Morgan fingerprint density at radius 3 is 2.32 bits per heavy atom. The van der Waals surface area contributed by atoms with Crippen LogP contribution in [0.4, 0.5) is 0 Å². The fraction of sp³-hybridized carbons (Fsp3) is 0.938. The molecule has 1 amide bonds. The zero-order chi connectivity index (χ0) is 14.8. The molecule has 1 rings (SSSR count). The average molecular weight is 269 g/mol. The summed E-state index contributed by atoms with van der Waals surface area (Å²) in [5.74, 6) is 0.513. The number of carbonyl (C=O) groups is 1. The summed E-state index contributed by atoms with van der Waals surface area (Å²) in [5.41, 5.74) is 0.521. The van der Waals surface area contributed by atoms with E-state index in [1.807, 2.05) is 13.8 Å². The van der Waals surface area contributed by atoms with Gasteiger partial charge in [0.2, 0.25) is 5.91 Å². The van der Waals surface area contributed by atoms with Crippen molar-refractivity contribution in [1.82, 2.24) is 5.32 Å². The van der Waals surface area contributed by atoms with Crippen LogP contribution >= 0.6 is 0 Å². The normalized spacial score (nSPS) is 24.8. The van der Waals surface area contributed by atoms with E-state index in [0.717, 1.165) is 12.8 Å². The van der Waals surface area contributed by atoms with Gasteiger partial charge >= 0.3 is 0 Å². The molecule has 0 aromatic rings. The Labute approximate surface area is 118 Å². The summed E-state index contributed by atoms with van der Waals surface area (Å²) < 4.78 is 5.72. The Morgan fingerprint density at radius 1 is 1.26 bits per heavy atom. The quantitative estimate of drug-likeness (QED) is 0.849. The van der Waals surface area contributed by atoms with Crippen LogP contribution in [0.3, 0.4) is 0 Å². The molecule has 1 saturated heterocycles. The molecule has 3 heteroatoms. The molecule has 1 aliphatic heterocycles. The van der Waals surface area contributed by atoms with Gasteiger partial charge in [-0.3, -0.25) is 4.79 Å². The lowest BCUT2D eigenvalue weighted by molar-refractivity contribution is -0.130. The van der Waals surface area contributed by atoms with Crippen molar-refractivity contribution < 1.29 is 9.53 Å². The standard InChI is InChI=1S/C16H31NO2/c1-11(2)17-14(18)13-8-12(9-19-13)16(6,7)10-15(3,4)5/h11-13H,8-10H2,1-7H3,(H,17,18). The molecule has 0 aromatic heterocycles. The maximum atomic E-state index is 12.0. The van der Waals surface area contributed by atoms with E-state index in [1.54, 1.807) is 0 Å². The fourth-order valence-corrected chi connectivity index (χ4v) is 3.24. The third-order valence-corrected chi connectivity index (χ3v) is 3.81. The van der Waals surface area contributed by atoms with Crippen molar-refractivity contribution in [2.24, 2.45) is 16.7 Å². The Bertz CT molecular complexity index is 315. The molecule has 112 valence electrons. The van der Waals surface area contributed by atoms with Gasteiger partial charge in [0.25, 0.3) is 0 Å². The predicted octanol–water partition coefficient (Wildman–Crippen LogP) is 3.38. The Balaban J connectivity index is 2.58. The molecule has 2 unspecified atom stereocenters. The number of hydrogen-bond acceptors (Lipinski definition) is 2. The van der Waals surface area contributed by atoms with Gasteiger partial charge in [-0.25, -0.2) is 0 Å². The highest BCUT2D eigenvalue weighted by molar-refractivity contribution is 5.81. The number of amides is 1. The second-order valence-electron chi connectivity index (χ2n) is 8.14. The van der Waals surface area contributed by atoms with Crippen LogP contribution in [0.1, 0.15) is 61.3 Å². The van der Waals surface area contributed by atoms with Gasteiger partial charge < -0.3 is 10.1 Å². The van der Waals surface area contributed by atoms with Crippen molar-refractivity contribution in [3.63, 3.8) is 0 Å². The molecule has 0 aliphatic carbocycles. The van der Waals surface area contributed by atoms with Crippen LogP contribution in [0.25, 0.3) is 0 Å². The van der Waals surface area contributed by atoms with E-state index in [0.29, 0.717) is 17.9 Å². The van der Waals surface area contributed by atoms with E-state index in [2.05, 4.69) is 39.9 Å². The van der Waals surface area contributed by atoms with Crippen LogP contribution in [0, 0.1) is 16.7 Å². The summed E-state index contributed by atoms with van der Waals surface area (Å²) in [6, 6.07) is 0.178. The van der Waals surface area contributed by atoms with E-state index >= 15 is 0 Å². The van der Waals surface area contributed by atoms with Gasteiger partial charge in [0, 0.05) is 6.04 Å². The maximum absolute atomic E-state index is 12.0. The third-order valence-electron chi connectivity index (χ3n) is 3.81. The van der Waals surface area contributed by atoms with Gasteiger partial charge in [0.15, 0.2) is 0 Å². The van der Waals surface area contributed by atoms with Crippen molar-refractivity contribution in [1.29, 1.82) is 0 Å². The molecule has 0 spiro atoms. The average Bonchev–Trinajstić information content (AvgIpc) is 2.60. The first kappa shape index (κ1) is 16.5. The van der Waals surface area contributed by atoms with Gasteiger partial charge in [0.05, 0.1) is 6.61 Å². The summed E-state index contributed by atoms with van der Waals surface area (Å²) in [6.07, 6.45) is 1.74. The van der Waals surface area contributed by atoms with Crippen LogP contribution in [0.15, 0.2) is 0 Å². The monoisotopic (exact) mass is 269 g/mol. The molecule has 19 heavy (non-hydrogen) atoms. The van der Waals surface area contributed by atoms with Crippen molar-refractivity contribution in [2.45, 2.75) is 73.5 Å². The second kappa shape index (κ2) is 5.82. The molecule has 3 nitrogen and oxygen atoms in total. The largest absolute Gasteiger partial charge is 0.368 e. The summed E-state index contributed by atoms with van der Waals surface area (Å²) in [6.45, 7) is 16.1. The highest BCUT2D eigenvalue weighted by Crippen LogP contribution is 2.43. The highest BCUT2D eigenvalue weighted by Gasteiger charge is 2.41. The van der Waals surface area contributed by atoms with Gasteiger partial charge in [-0.1, -0.05) is 34.6 Å². The minimum absolute atomic E-state index is 0.0454. The topological polar surface area (TPSA) is 38.3 Å². The molecular weight excluding hydrogens is 238 g/mol. The van der Waals surface area contributed by atoms with Crippen LogP contribution in [0.2, 0.25) is 0 Å². The summed E-state index contributed by atoms with van der Waals surface area (Å²) >= 11 is 0. The van der Waals surface area contributed by atoms with Crippen LogP contribution < -0.4 is 5.32 Å². The Kier molecular flexibility index (Phi) is 5.05. The van der Waals surface area contributed by atoms with E-state index in [1.165, 1.54) is 0 Å². The summed E-state index contributed by atoms with van der Waals surface area (Å²) in [4.78, 5) is 12.0. The SMILES string of the molecule is CC(C)NC(=O)C1CC(C(C)(C)CC(C)(C)C)CO1. The number of hydrogen-bond donors (Lipinski definition) is 1. The lowest BCUT2D eigenvalue weighted by atomic mass is 9.68. The molecule has 2 atom stereocenters. The smallest absolute Gasteiger partial charge is 0.249 e. The molecule has 0 saturated carbocycles. The fourth-order valence-electron chi connectivity index (χ4n) is 3.24. The minimum atomic E-state index is -0.258. The van der Waals surface area contributed by atoms with Crippen molar-refractivity contribution in [2.75, 3.05) is 6.61 Å². The first-order valence-corrected chi connectivity index (χ1v) is 7.43. The zero-order valence-electron chi connectivity index (χ0n) is 13.7. The zero-order valence-corrected chi connectivity index (χ0v) is 13.7. The first-order chi connectivity index (χ1) is 8.51. The molecular formula is C16H31NO2. The van der Waals surface area contributed by atoms with Crippen molar-refractivity contribution >= 4 is 5.91 Å². The first-order valence-electron chi connectivity index (χ1n) is 7.43. The van der Waals surface area contributed by atoms with Crippen LogP contribution in [-0.4, -0.2) is 24.7 Å². The Morgan fingerprint density at radius 2 is 1.84 bits per heavy atom.